The zero-order valence-corrected chi connectivity index (χ0v) is 12.8. The molecule has 1 aromatic heterocycles. The van der Waals surface area contributed by atoms with E-state index in [1.807, 2.05) is 6.07 Å². The molecule has 114 valence electrons. The second-order valence-electron chi connectivity index (χ2n) is 5.20. The lowest BCUT2D eigenvalue weighted by atomic mass is 9.98. The maximum atomic E-state index is 5.52. The van der Waals surface area contributed by atoms with E-state index in [0.717, 1.165) is 25.9 Å². The lowest BCUT2D eigenvalue weighted by molar-refractivity contribution is 0.476. The monoisotopic (exact) mass is 288 g/mol. The van der Waals surface area contributed by atoms with Crippen LogP contribution >= 0.6 is 0 Å². The smallest absolute Gasteiger partial charge is 0.315 e. The number of aromatic nitrogens is 2. The van der Waals surface area contributed by atoms with E-state index < -0.39 is 0 Å². The largest absolute Gasteiger partial charge is 0.407 e. The molecule has 1 unspecified atom stereocenters. The predicted octanol–water partition coefficient (Wildman–Crippen LogP) is 3.17. The molecule has 1 heterocycles. The summed E-state index contributed by atoms with van der Waals surface area (Å²) in [5.74, 6) is 1.13. The molecular formula is C16H24N4O. The first kappa shape index (κ1) is 15.5. The second kappa shape index (κ2) is 8.42. The molecule has 1 atom stereocenters. The minimum absolute atomic E-state index is 0.503. The van der Waals surface area contributed by atoms with Crippen LogP contribution in [0.15, 0.2) is 34.7 Å². The van der Waals surface area contributed by atoms with Crippen LogP contribution < -0.4 is 10.6 Å². The van der Waals surface area contributed by atoms with Gasteiger partial charge in [-0.2, -0.15) is 0 Å². The standard InChI is InChI=1S/C16H24N4O/c1-3-10-17-12-15-19-20-16(21-15)18-11-9-13(2)14-7-5-4-6-8-14/h4-8,13,17H,3,9-12H2,1-2H3,(H,18,20). The zero-order valence-electron chi connectivity index (χ0n) is 12.8. The van der Waals surface area contributed by atoms with Crippen molar-refractivity contribution in [3.63, 3.8) is 0 Å². The van der Waals surface area contributed by atoms with Crippen molar-refractivity contribution in [3.8, 4) is 0 Å². The van der Waals surface area contributed by atoms with E-state index >= 15 is 0 Å². The first-order valence-electron chi connectivity index (χ1n) is 7.61. The van der Waals surface area contributed by atoms with E-state index in [-0.39, 0.29) is 0 Å². The molecule has 0 saturated heterocycles. The SMILES string of the molecule is CCCNCc1nnc(NCCC(C)c2ccccc2)o1. The lowest BCUT2D eigenvalue weighted by Gasteiger charge is -2.11. The molecule has 2 rings (SSSR count). The van der Waals surface area contributed by atoms with Crippen molar-refractivity contribution in [3.05, 3.63) is 41.8 Å². The van der Waals surface area contributed by atoms with E-state index in [9.17, 15) is 0 Å². The second-order valence-corrected chi connectivity index (χ2v) is 5.20. The molecular weight excluding hydrogens is 264 g/mol. The van der Waals surface area contributed by atoms with Gasteiger partial charge in [0.1, 0.15) is 0 Å². The molecule has 1 aromatic carbocycles. The topological polar surface area (TPSA) is 63.0 Å². The van der Waals surface area contributed by atoms with Gasteiger partial charge in [-0.05, 0) is 30.9 Å². The van der Waals surface area contributed by atoms with Crippen LogP contribution in [-0.2, 0) is 6.54 Å². The molecule has 2 N–H and O–H groups in total. The number of benzene rings is 1. The maximum absolute atomic E-state index is 5.52. The fraction of sp³-hybridized carbons (Fsp3) is 0.500. The fourth-order valence-electron chi connectivity index (χ4n) is 2.11. The van der Waals surface area contributed by atoms with Gasteiger partial charge in [-0.25, -0.2) is 0 Å². The average Bonchev–Trinajstić information content (AvgIpc) is 2.96. The van der Waals surface area contributed by atoms with Gasteiger partial charge in [0, 0.05) is 6.54 Å². The molecule has 0 fully saturated rings. The molecule has 2 aromatic rings. The molecule has 0 saturated carbocycles. The van der Waals surface area contributed by atoms with E-state index in [2.05, 4.69) is 58.9 Å². The number of hydrogen-bond donors (Lipinski definition) is 2. The summed E-state index contributed by atoms with van der Waals surface area (Å²) in [5.41, 5.74) is 1.36. The highest BCUT2D eigenvalue weighted by Gasteiger charge is 2.07. The van der Waals surface area contributed by atoms with Crippen LogP contribution in [0.5, 0.6) is 0 Å². The highest BCUT2D eigenvalue weighted by molar-refractivity contribution is 5.20. The van der Waals surface area contributed by atoms with E-state index in [1.165, 1.54) is 5.56 Å². The van der Waals surface area contributed by atoms with Gasteiger partial charge in [0.05, 0.1) is 6.54 Å². The number of hydrogen-bond acceptors (Lipinski definition) is 5. The van der Waals surface area contributed by atoms with E-state index in [1.54, 1.807) is 0 Å². The summed E-state index contributed by atoms with van der Waals surface area (Å²) in [5, 5.41) is 14.4. The normalized spacial score (nSPS) is 12.3. The molecule has 0 spiro atoms. The summed E-state index contributed by atoms with van der Waals surface area (Å²) >= 11 is 0. The van der Waals surface area contributed by atoms with Crippen molar-refractivity contribution in [1.82, 2.24) is 15.5 Å². The molecule has 0 amide bonds. The van der Waals surface area contributed by atoms with Gasteiger partial charge in [-0.1, -0.05) is 49.3 Å². The van der Waals surface area contributed by atoms with Crippen molar-refractivity contribution < 1.29 is 4.42 Å². The maximum Gasteiger partial charge on any atom is 0.315 e. The number of rotatable bonds is 9. The Balaban J connectivity index is 1.71. The summed E-state index contributed by atoms with van der Waals surface area (Å²) in [6, 6.07) is 11.0. The number of anilines is 1. The van der Waals surface area contributed by atoms with Gasteiger partial charge in [-0.15, -0.1) is 5.10 Å². The third-order valence-corrected chi connectivity index (χ3v) is 3.39. The van der Waals surface area contributed by atoms with Gasteiger partial charge in [0.2, 0.25) is 5.89 Å². The number of nitrogens with one attached hydrogen (secondary N) is 2. The summed E-state index contributed by atoms with van der Waals surface area (Å²) in [6.45, 7) is 6.76. The predicted molar refractivity (Wildman–Crippen MR) is 84.3 cm³/mol. The van der Waals surface area contributed by atoms with Gasteiger partial charge in [-0.3, -0.25) is 0 Å². The lowest BCUT2D eigenvalue weighted by Crippen LogP contribution is -2.13. The van der Waals surface area contributed by atoms with Crippen molar-refractivity contribution in [2.75, 3.05) is 18.4 Å². The molecule has 0 aliphatic heterocycles. The summed E-state index contributed by atoms with van der Waals surface area (Å²) in [4.78, 5) is 0. The number of nitrogens with zero attached hydrogens (tertiary/aromatic N) is 2. The van der Waals surface area contributed by atoms with Crippen LogP contribution in [0.4, 0.5) is 6.01 Å². The van der Waals surface area contributed by atoms with Gasteiger partial charge < -0.3 is 15.1 Å². The van der Waals surface area contributed by atoms with E-state index in [4.69, 9.17) is 4.42 Å². The Bertz CT molecular complexity index is 512. The summed E-state index contributed by atoms with van der Waals surface area (Å²) in [6.07, 6.45) is 2.12. The quantitative estimate of drug-likeness (QED) is 0.694. The molecule has 0 aliphatic rings. The van der Waals surface area contributed by atoms with Crippen LogP contribution in [0.25, 0.3) is 0 Å². The van der Waals surface area contributed by atoms with Crippen molar-refractivity contribution >= 4 is 6.01 Å². The van der Waals surface area contributed by atoms with Crippen LogP contribution in [0.1, 0.15) is 44.1 Å². The van der Waals surface area contributed by atoms with Gasteiger partial charge in [0.25, 0.3) is 0 Å². The zero-order chi connectivity index (χ0) is 14.9. The summed E-state index contributed by atoms with van der Waals surface area (Å²) < 4.78 is 5.52. The van der Waals surface area contributed by atoms with Gasteiger partial charge >= 0.3 is 6.01 Å². The Morgan fingerprint density at radius 1 is 1.14 bits per heavy atom. The van der Waals surface area contributed by atoms with Crippen LogP contribution in [0.2, 0.25) is 0 Å². The van der Waals surface area contributed by atoms with E-state index in [0.29, 0.717) is 24.4 Å². The Kier molecular flexibility index (Phi) is 6.22. The molecule has 5 heteroatoms. The third-order valence-electron chi connectivity index (χ3n) is 3.39. The highest BCUT2D eigenvalue weighted by Crippen LogP contribution is 2.18. The Hall–Kier alpha value is -1.88. The molecule has 0 bridgehead atoms. The Morgan fingerprint density at radius 2 is 1.95 bits per heavy atom. The van der Waals surface area contributed by atoms with Crippen LogP contribution in [0.3, 0.4) is 0 Å². The first-order chi connectivity index (χ1) is 10.3. The van der Waals surface area contributed by atoms with Crippen LogP contribution in [-0.4, -0.2) is 23.3 Å². The Labute approximate surface area is 126 Å². The summed E-state index contributed by atoms with van der Waals surface area (Å²) in [7, 11) is 0. The minimum atomic E-state index is 0.503. The Morgan fingerprint density at radius 3 is 2.71 bits per heavy atom. The minimum Gasteiger partial charge on any atom is -0.407 e. The molecule has 0 aliphatic carbocycles. The molecule has 5 nitrogen and oxygen atoms in total. The van der Waals surface area contributed by atoms with Crippen LogP contribution in [0, 0.1) is 0 Å². The molecule has 0 radical (unpaired) electrons. The third kappa shape index (κ3) is 5.19. The molecule has 21 heavy (non-hydrogen) atoms. The van der Waals surface area contributed by atoms with Gasteiger partial charge in [0.15, 0.2) is 0 Å². The average molecular weight is 288 g/mol. The fourth-order valence-corrected chi connectivity index (χ4v) is 2.11. The van der Waals surface area contributed by atoms with Crippen molar-refractivity contribution in [2.45, 2.75) is 39.2 Å². The van der Waals surface area contributed by atoms with Crippen molar-refractivity contribution in [1.29, 1.82) is 0 Å². The first-order valence-corrected chi connectivity index (χ1v) is 7.61. The highest BCUT2D eigenvalue weighted by atomic mass is 16.4. The van der Waals surface area contributed by atoms with Crippen molar-refractivity contribution in [2.24, 2.45) is 0 Å².